The summed E-state index contributed by atoms with van der Waals surface area (Å²) in [6, 6.07) is 18.1. The van der Waals surface area contributed by atoms with Gasteiger partial charge in [0.15, 0.2) is 3.95 Å². The molecule has 0 saturated heterocycles. The Morgan fingerprint density at radius 3 is 2.35 bits per heavy atom. The Balaban J connectivity index is 1.87. The first-order valence-electron chi connectivity index (χ1n) is 8.90. The highest BCUT2D eigenvalue weighted by Gasteiger charge is 2.44. The first kappa shape index (κ1) is 17.5. The van der Waals surface area contributed by atoms with Gasteiger partial charge in [0, 0.05) is 0 Å². The van der Waals surface area contributed by atoms with E-state index in [-0.39, 0.29) is 11.8 Å². The number of hydrogen-bond donors (Lipinski definition) is 3. The summed E-state index contributed by atoms with van der Waals surface area (Å²) in [6.45, 7) is 0. The standard InChI is InChI=1S/C21H21NO2S2/c23-19-18(26-20(25)22-19)21(24,16-10-4-5-11-16)17-12-6-9-15(13-17)14-7-2-1-3-8-14/h1-3,6-9,12-13,16,23-24H,4-5,10-11H2,(H,22,25). The maximum Gasteiger partial charge on any atom is 0.207 e. The van der Waals surface area contributed by atoms with Crippen molar-refractivity contribution in [1.82, 2.24) is 4.98 Å². The van der Waals surface area contributed by atoms with E-state index in [1.54, 1.807) is 0 Å². The number of aromatic hydroxyl groups is 1. The van der Waals surface area contributed by atoms with Gasteiger partial charge in [0.2, 0.25) is 5.88 Å². The van der Waals surface area contributed by atoms with Crippen LogP contribution in [0.1, 0.15) is 36.1 Å². The Kier molecular flexibility index (Phi) is 4.69. The van der Waals surface area contributed by atoms with Gasteiger partial charge in [0.25, 0.3) is 0 Å². The number of hydrogen-bond acceptors (Lipinski definition) is 4. The number of aromatic amines is 1. The zero-order valence-corrected chi connectivity index (χ0v) is 15.9. The van der Waals surface area contributed by atoms with Crippen molar-refractivity contribution in [2.24, 2.45) is 5.92 Å². The number of aromatic nitrogens is 1. The number of aliphatic hydroxyl groups is 1. The van der Waals surface area contributed by atoms with Gasteiger partial charge in [-0.1, -0.05) is 61.4 Å². The van der Waals surface area contributed by atoms with Gasteiger partial charge in [0.05, 0.1) is 0 Å². The van der Waals surface area contributed by atoms with Crippen molar-refractivity contribution >= 4 is 23.6 Å². The van der Waals surface area contributed by atoms with Crippen molar-refractivity contribution in [2.75, 3.05) is 0 Å². The number of nitrogens with one attached hydrogen (secondary N) is 1. The zero-order chi connectivity index (χ0) is 18.1. The Hall–Kier alpha value is -1.95. The van der Waals surface area contributed by atoms with Crippen molar-refractivity contribution in [1.29, 1.82) is 0 Å². The summed E-state index contributed by atoms with van der Waals surface area (Å²) in [5.74, 6) is 0.0559. The van der Waals surface area contributed by atoms with E-state index < -0.39 is 5.60 Å². The third-order valence-electron chi connectivity index (χ3n) is 5.33. The quantitative estimate of drug-likeness (QED) is 0.514. The van der Waals surface area contributed by atoms with Gasteiger partial charge in [-0.2, -0.15) is 0 Å². The Morgan fingerprint density at radius 1 is 1.00 bits per heavy atom. The van der Waals surface area contributed by atoms with Crippen LogP contribution < -0.4 is 0 Å². The van der Waals surface area contributed by atoms with Crippen LogP contribution in [0.15, 0.2) is 54.6 Å². The summed E-state index contributed by atoms with van der Waals surface area (Å²) in [5.41, 5.74) is 1.74. The lowest BCUT2D eigenvalue weighted by molar-refractivity contribution is 0.0201. The molecule has 1 atom stereocenters. The van der Waals surface area contributed by atoms with E-state index >= 15 is 0 Å². The highest BCUT2D eigenvalue weighted by Crippen LogP contribution is 2.49. The minimum Gasteiger partial charge on any atom is -0.494 e. The minimum absolute atomic E-state index is 0.0143. The minimum atomic E-state index is -1.23. The average molecular weight is 384 g/mol. The summed E-state index contributed by atoms with van der Waals surface area (Å²) in [5, 5.41) is 22.3. The topological polar surface area (TPSA) is 56.2 Å². The summed E-state index contributed by atoms with van der Waals surface area (Å²) >= 11 is 6.47. The van der Waals surface area contributed by atoms with Crippen LogP contribution in [0.4, 0.5) is 0 Å². The summed E-state index contributed by atoms with van der Waals surface area (Å²) in [6.07, 6.45) is 4.08. The van der Waals surface area contributed by atoms with E-state index in [1.165, 1.54) is 11.3 Å². The molecule has 1 aliphatic carbocycles. The predicted molar refractivity (Wildman–Crippen MR) is 108 cm³/mol. The fourth-order valence-electron chi connectivity index (χ4n) is 4.04. The normalized spacial score (nSPS) is 17.3. The van der Waals surface area contributed by atoms with E-state index in [2.05, 4.69) is 17.1 Å². The number of H-pyrrole nitrogens is 1. The molecule has 0 amide bonds. The van der Waals surface area contributed by atoms with Crippen LogP contribution in [0.5, 0.6) is 5.88 Å². The van der Waals surface area contributed by atoms with Gasteiger partial charge in [0.1, 0.15) is 10.5 Å². The molecule has 4 rings (SSSR count). The molecular weight excluding hydrogens is 362 g/mol. The molecule has 0 radical (unpaired) electrons. The van der Waals surface area contributed by atoms with Crippen LogP contribution in [0.2, 0.25) is 0 Å². The monoisotopic (exact) mass is 383 g/mol. The first-order chi connectivity index (χ1) is 12.6. The van der Waals surface area contributed by atoms with Gasteiger partial charge in [-0.25, -0.2) is 0 Å². The van der Waals surface area contributed by atoms with E-state index in [9.17, 15) is 10.2 Å². The van der Waals surface area contributed by atoms with E-state index in [0.717, 1.165) is 42.4 Å². The highest BCUT2D eigenvalue weighted by atomic mass is 32.1. The molecule has 1 unspecified atom stereocenters. The molecule has 1 aromatic heterocycles. The van der Waals surface area contributed by atoms with Gasteiger partial charge in [-0.3, -0.25) is 0 Å². The third kappa shape index (κ3) is 3.00. The molecular formula is C21H21NO2S2. The molecule has 5 heteroatoms. The van der Waals surface area contributed by atoms with Crippen LogP contribution in [0.3, 0.4) is 0 Å². The largest absolute Gasteiger partial charge is 0.494 e. The van der Waals surface area contributed by atoms with E-state index in [1.807, 2.05) is 42.5 Å². The molecule has 0 bridgehead atoms. The Morgan fingerprint density at radius 2 is 1.69 bits per heavy atom. The van der Waals surface area contributed by atoms with Gasteiger partial charge in [-0.15, -0.1) is 11.3 Å². The van der Waals surface area contributed by atoms with Crippen LogP contribution in [-0.2, 0) is 5.60 Å². The van der Waals surface area contributed by atoms with Crippen molar-refractivity contribution in [2.45, 2.75) is 31.3 Å². The van der Waals surface area contributed by atoms with Crippen molar-refractivity contribution in [3.8, 4) is 17.0 Å². The fourth-order valence-corrected chi connectivity index (χ4v) is 5.31. The molecule has 1 aliphatic rings. The van der Waals surface area contributed by atoms with Gasteiger partial charge < -0.3 is 15.2 Å². The number of rotatable bonds is 4. The number of thiazole rings is 1. The highest BCUT2D eigenvalue weighted by molar-refractivity contribution is 7.73. The van der Waals surface area contributed by atoms with Crippen molar-refractivity contribution in [3.05, 3.63) is 69.0 Å². The molecule has 3 N–H and O–H groups in total. The molecule has 0 aliphatic heterocycles. The predicted octanol–water partition coefficient (Wildman–Crippen LogP) is 5.60. The molecule has 2 aromatic carbocycles. The van der Waals surface area contributed by atoms with E-state index in [4.69, 9.17) is 12.2 Å². The molecule has 3 nitrogen and oxygen atoms in total. The summed E-state index contributed by atoms with van der Waals surface area (Å²) < 4.78 is 0.480. The summed E-state index contributed by atoms with van der Waals surface area (Å²) in [4.78, 5) is 3.31. The SMILES string of the molecule is Oc1[nH]c(=S)sc1C(O)(c1cccc(-c2ccccc2)c1)C1CCCC1. The second-order valence-corrected chi connectivity index (χ2v) is 8.57. The Bertz CT molecular complexity index is 957. The number of benzene rings is 2. The van der Waals surface area contributed by atoms with Gasteiger partial charge >= 0.3 is 0 Å². The van der Waals surface area contributed by atoms with Crippen molar-refractivity contribution in [3.63, 3.8) is 0 Å². The second-order valence-electron chi connectivity index (χ2n) is 6.89. The van der Waals surface area contributed by atoms with Crippen LogP contribution in [0, 0.1) is 9.87 Å². The van der Waals surface area contributed by atoms with Crippen LogP contribution >= 0.6 is 23.6 Å². The molecule has 1 heterocycles. The molecule has 0 spiro atoms. The maximum atomic E-state index is 11.9. The lowest BCUT2D eigenvalue weighted by atomic mass is 9.78. The molecule has 1 fully saturated rings. The fraction of sp³-hybridized carbons (Fsp3) is 0.286. The molecule has 3 aromatic rings. The molecule has 1 saturated carbocycles. The lowest BCUT2D eigenvalue weighted by Crippen LogP contribution is -2.34. The Labute approximate surface area is 162 Å². The first-order valence-corrected chi connectivity index (χ1v) is 10.1. The second kappa shape index (κ2) is 6.99. The third-order valence-corrected chi connectivity index (χ3v) is 6.68. The maximum absolute atomic E-state index is 11.9. The zero-order valence-electron chi connectivity index (χ0n) is 14.3. The average Bonchev–Trinajstić information content (AvgIpc) is 3.32. The molecule has 134 valence electrons. The van der Waals surface area contributed by atoms with Crippen LogP contribution in [0.25, 0.3) is 11.1 Å². The van der Waals surface area contributed by atoms with Gasteiger partial charge in [-0.05, 0) is 53.7 Å². The van der Waals surface area contributed by atoms with Crippen molar-refractivity contribution < 1.29 is 10.2 Å². The van der Waals surface area contributed by atoms with Crippen LogP contribution in [-0.4, -0.2) is 15.2 Å². The lowest BCUT2D eigenvalue weighted by Gasteiger charge is -2.34. The summed E-state index contributed by atoms with van der Waals surface area (Å²) in [7, 11) is 0. The molecule has 26 heavy (non-hydrogen) atoms. The van der Waals surface area contributed by atoms with E-state index in [0.29, 0.717) is 8.83 Å². The smallest absolute Gasteiger partial charge is 0.207 e.